The van der Waals surface area contributed by atoms with Crippen LogP contribution < -0.4 is 16.0 Å². The number of carboxylic acid groups (broad SMARTS) is 1. The van der Waals surface area contributed by atoms with Gasteiger partial charge in [0.2, 0.25) is 5.95 Å². The van der Waals surface area contributed by atoms with Gasteiger partial charge in [-0.2, -0.15) is 4.98 Å². The topological polar surface area (TPSA) is 104 Å². The van der Waals surface area contributed by atoms with E-state index in [1.165, 1.54) is 44.1 Å². The molecule has 0 atom stereocenters. The third kappa shape index (κ3) is 3.24. The van der Waals surface area contributed by atoms with E-state index in [0.29, 0.717) is 23.8 Å². The minimum absolute atomic E-state index is 0.344. The van der Waals surface area contributed by atoms with Gasteiger partial charge >= 0.3 is 6.09 Å². The zero-order valence-electron chi connectivity index (χ0n) is 14.6. The van der Waals surface area contributed by atoms with E-state index in [2.05, 4.69) is 20.2 Å². The molecule has 1 spiro atoms. The first-order chi connectivity index (χ1) is 12.0. The summed E-state index contributed by atoms with van der Waals surface area (Å²) in [5.41, 5.74) is 8.88. The molecule has 7 heteroatoms. The molecule has 2 aliphatic carbocycles. The number of nitrogens with two attached hydrogens (primary N) is 1. The summed E-state index contributed by atoms with van der Waals surface area (Å²) < 4.78 is 0. The van der Waals surface area contributed by atoms with Crippen molar-refractivity contribution in [1.82, 2.24) is 15.3 Å². The number of anilines is 2. The number of rotatable bonds is 3. The zero-order chi connectivity index (χ0) is 17.4. The number of hydrogen-bond donors (Lipinski definition) is 3. The molecule has 25 heavy (non-hydrogen) atoms. The van der Waals surface area contributed by atoms with Crippen LogP contribution in [0.4, 0.5) is 16.6 Å². The summed E-state index contributed by atoms with van der Waals surface area (Å²) in [5.74, 6) is 1.70. The van der Waals surface area contributed by atoms with Gasteiger partial charge in [-0.15, -0.1) is 0 Å². The molecule has 3 aliphatic rings. The number of nitrogens with zero attached hydrogens (tertiary/aromatic N) is 3. The fraction of sp³-hybridized carbons (Fsp3) is 0.722. The van der Waals surface area contributed by atoms with Gasteiger partial charge in [0, 0.05) is 31.1 Å². The maximum absolute atomic E-state index is 10.6. The Labute approximate surface area is 148 Å². The Bertz CT molecular complexity index is 666. The van der Waals surface area contributed by atoms with Gasteiger partial charge in [-0.05, 0) is 37.5 Å². The van der Waals surface area contributed by atoms with E-state index in [-0.39, 0.29) is 0 Å². The second kappa shape index (κ2) is 6.35. The average molecular weight is 345 g/mol. The fourth-order valence-corrected chi connectivity index (χ4v) is 4.87. The number of amides is 1. The van der Waals surface area contributed by atoms with Crippen molar-refractivity contribution in [1.29, 1.82) is 0 Å². The molecule has 4 N–H and O–H groups in total. The molecule has 0 radical (unpaired) electrons. The van der Waals surface area contributed by atoms with E-state index < -0.39 is 6.09 Å². The lowest BCUT2D eigenvalue weighted by molar-refractivity contribution is 0.160. The molecule has 136 valence electrons. The number of hydrogen-bond acceptors (Lipinski definition) is 5. The van der Waals surface area contributed by atoms with Crippen molar-refractivity contribution in [2.24, 2.45) is 11.3 Å². The van der Waals surface area contributed by atoms with E-state index in [4.69, 9.17) is 10.8 Å². The highest BCUT2D eigenvalue weighted by Gasteiger charge is 2.39. The minimum atomic E-state index is -0.958. The van der Waals surface area contributed by atoms with E-state index in [0.717, 1.165) is 37.4 Å². The zero-order valence-corrected chi connectivity index (χ0v) is 14.6. The first kappa shape index (κ1) is 16.4. The minimum Gasteiger partial charge on any atom is -0.465 e. The van der Waals surface area contributed by atoms with Crippen molar-refractivity contribution in [3.63, 3.8) is 0 Å². The predicted octanol–water partition coefficient (Wildman–Crippen LogP) is 2.20. The average Bonchev–Trinajstić information content (AvgIpc) is 2.53. The molecule has 1 aliphatic heterocycles. The highest BCUT2D eigenvalue weighted by atomic mass is 16.4. The van der Waals surface area contributed by atoms with Crippen LogP contribution in [-0.2, 0) is 12.8 Å². The van der Waals surface area contributed by atoms with Crippen LogP contribution in [0.1, 0.15) is 49.8 Å². The Hall–Kier alpha value is -2.05. The molecule has 7 nitrogen and oxygen atoms in total. The lowest BCUT2D eigenvalue weighted by atomic mass is 9.65. The van der Waals surface area contributed by atoms with Crippen molar-refractivity contribution in [2.45, 2.75) is 51.4 Å². The van der Waals surface area contributed by atoms with Gasteiger partial charge in [-0.1, -0.05) is 19.3 Å². The van der Waals surface area contributed by atoms with Crippen molar-refractivity contribution in [3.05, 3.63) is 11.3 Å². The molecule has 0 aromatic carbocycles. The molecule has 4 rings (SSSR count). The maximum atomic E-state index is 10.6. The van der Waals surface area contributed by atoms with Gasteiger partial charge in [-0.25, -0.2) is 9.78 Å². The van der Waals surface area contributed by atoms with Crippen LogP contribution in [0.2, 0.25) is 0 Å². The number of aromatic nitrogens is 2. The second-order valence-electron chi connectivity index (χ2n) is 8.03. The van der Waals surface area contributed by atoms with Crippen LogP contribution in [0.25, 0.3) is 0 Å². The SMILES string of the molecule is Nc1nc2c(c(N3CC(CNC(=O)O)C3)n1)CCC1(CCCCC1)C2. The van der Waals surface area contributed by atoms with Crippen molar-refractivity contribution < 1.29 is 9.90 Å². The quantitative estimate of drug-likeness (QED) is 0.776. The third-order valence-electron chi connectivity index (χ3n) is 6.25. The number of nitrogen functional groups attached to an aromatic ring is 1. The summed E-state index contributed by atoms with van der Waals surface area (Å²) in [6.07, 6.45) is 9.04. The molecule has 2 fully saturated rings. The van der Waals surface area contributed by atoms with Crippen LogP contribution in [0, 0.1) is 11.3 Å². The molecule has 0 bridgehead atoms. The van der Waals surface area contributed by atoms with Crippen molar-refractivity contribution in [3.8, 4) is 0 Å². The van der Waals surface area contributed by atoms with Crippen molar-refractivity contribution in [2.75, 3.05) is 30.3 Å². The summed E-state index contributed by atoms with van der Waals surface area (Å²) in [4.78, 5) is 22.0. The molecule has 1 saturated carbocycles. The highest BCUT2D eigenvalue weighted by Crippen LogP contribution is 2.47. The summed E-state index contributed by atoms with van der Waals surface area (Å²) in [5, 5.41) is 11.2. The molecular weight excluding hydrogens is 318 g/mol. The predicted molar refractivity (Wildman–Crippen MR) is 95.7 cm³/mol. The summed E-state index contributed by atoms with van der Waals surface area (Å²) in [6, 6.07) is 0. The van der Waals surface area contributed by atoms with E-state index >= 15 is 0 Å². The van der Waals surface area contributed by atoms with Gasteiger partial charge in [0.05, 0.1) is 5.69 Å². The first-order valence-corrected chi connectivity index (χ1v) is 9.42. The molecule has 1 saturated heterocycles. The van der Waals surface area contributed by atoms with Gasteiger partial charge in [0.15, 0.2) is 0 Å². The largest absolute Gasteiger partial charge is 0.465 e. The molecule has 1 aromatic heterocycles. The fourth-order valence-electron chi connectivity index (χ4n) is 4.87. The van der Waals surface area contributed by atoms with Crippen LogP contribution in [0.3, 0.4) is 0 Å². The monoisotopic (exact) mass is 345 g/mol. The third-order valence-corrected chi connectivity index (χ3v) is 6.25. The maximum Gasteiger partial charge on any atom is 0.404 e. The number of fused-ring (bicyclic) bond motifs is 1. The van der Waals surface area contributed by atoms with Gasteiger partial charge in [0.25, 0.3) is 0 Å². The standard InChI is InChI=1S/C18H27N5O2/c19-16-21-14-8-18(5-2-1-3-6-18)7-4-13(14)15(22-16)23-10-12(11-23)9-20-17(24)25/h12,20H,1-11H2,(H,24,25)(H2,19,21,22). The van der Waals surface area contributed by atoms with E-state index in [1.807, 2.05) is 0 Å². The van der Waals surface area contributed by atoms with Crippen molar-refractivity contribution >= 4 is 17.9 Å². The molecule has 0 unspecified atom stereocenters. The van der Waals surface area contributed by atoms with Gasteiger partial charge in [-0.3, -0.25) is 0 Å². The van der Waals surface area contributed by atoms with Crippen LogP contribution >= 0.6 is 0 Å². The summed E-state index contributed by atoms with van der Waals surface area (Å²) in [7, 11) is 0. The number of carbonyl (C=O) groups is 1. The van der Waals surface area contributed by atoms with Crippen LogP contribution in [0.15, 0.2) is 0 Å². The Morgan fingerprint density at radius 3 is 2.72 bits per heavy atom. The van der Waals surface area contributed by atoms with E-state index in [1.54, 1.807) is 0 Å². The van der Waals surface area contributed by atoms with E-state index in [9.17, 15) is 4.79 Å². The number of nitrogens with one attached hydrogen (secondary N) is 1. The Morgan fingerprint density at radius 2 is 2.00 bits per heavy atom. The summed E-state index contributed by atoms with van der Waals surface area (Å²) in [6.45, 7) is 2.15. The lowest BCUT2D eigenvalue weighted by Crippen LogP contribution is -2.52. The van der Waals surface area contributed by atoms with Gasteiger partial charge < -0.3 is 21.1 Å². The highest BCUT2D eigenvalue weighted by molar-refractivity contribution is 5.64. The van der Waals surface area contributed by atoms with Gasteiger partial charge in [0.1, 0.15) is 5.82 Å². The molecule has 2 heterocycles. The normalized spacial score (nSPS) is 22.3. The van der Waals surface area contributed by atoms with Crippen LogP contribution in [-0.4, -0.2) is 40.8 Å². The molecule has 1 amide bonds. The second-order valence-corrected chi connectivity index (χ2v) is 8.03. The lowest BCUT2D eigenvalue weighted by Gasteiger charge is -2.44. The summed E-state index contributed by atoms with van der Waals surface area (Å²) >= 11 is 0. The Kier molecular flexibility index (Phi) is 4.17. The Balaban J connectivity index is 1.49. The molecular formula is C18H27N5O2. The smallest absolute Gasteiger partial charge is 0.404 e. The Morgan fingerprint density at radius 1 is 1.24 bits per heavy atom. The first-order valence-electron chi connectivity index (χ1n) is 9.42. The molecule has 1 aromatic rings. The van der Waals surface area contributed by atoms with Crippen LogP contribution in [0.5, 0.6) is 0 Å².